The number of fused-ring (bicyclic) bond motifs is 1. The van der Waals surface area contributed by atoms with Crippen molar-refractivity contribution in [3.63, 3.8) is 0 Å². The number of nitrogens with zero attached hydrogens (tertiary/aromatic N) is 3. The average molecular weight is 581 g/mol. The predicted molar refractivity (Wildman–Crippen MR) is 151 cm³/mol. The topological polar surface area (TPSA) is 65.7 Å². The average Bonchev–Trinajstić information content (AvgIpc) is 2.93. The monoisotopic (exact) mass is 579 g/mol. The van der Waals surface area contributed by atoms with Crippen molar-refractivity contribution >= 4 is 44.6 Å². The van der Waals surface area contributed by atoms with Crippen molar-refractivity contribution in [1.29, 1.82) is 0 Å². The first-order chi connectivity index (χ1) is 18.0. The molecule has 6 nitrogen and oxygen atoms in total. The second-order valence-corrected chi connectivity index (χ2v) is 10.5. The van der Waals surface area contributed by atoms with Gasteiger partial charge in [-0.1, -0.05) is 71.1 Å². The largest absolute Gasteiger partial charge is 0.493 e. The Labute approximate surface area is 229 Å². The van der Waals surface area contributed by atoms with E-state index in [1.807, 2.05) is 42.5 Å². The summed E-state index contributed by atoms with van der Waals surface area (Å²) in [6.07, 6.45) is 7.11. The number of hydrogen-bond acceptors (Lipinski definition) is 5. The zero-order chi connectivity index (χ0) is 25.8. The predicted octanol–water partition coefficient (Wildman–Crippen LogP) is 7.33. The lowest BCUT2D eigenvalue weighted by atomic mass is 9.88. The van der Waals surface area contributed by atoms with Gasteiger partial charge in [-0.25, -0.2) is 4.98 Å². The van der Waals surface area contributed by atoms with Crippen LogP contribution in [0.25, 0.3) is 10.9 Å². The fourth-order valence-electron chi connectivity index (χ4n) is 4.69. The summed E-state index contributed by atoms with van der Waals surface area (Å²) in [7, 11) is 1.57. The zero-order valence-corrected chi connectivity index (χ0v) is 22.8. The molecule has 8 heteroatoms. The third kappa shape index (κ3) is 5.73. The van der Waals surface area contributed by atoms with Gasteiger partial charge in [-0.15, -0.1) is 0 Å². The number of ether oxygens (including phenoxy) is 2. The molecule has 1 aliphatic carbocycles. The Balaban J connectivity index is 1.47. The highest BCUT2D eigenvalue weighted by molar-refractivity contribution is 9.10. The van der Waals surface area contributed by atoms with Crippen LogP contribution in [0.1, 0.15) is 55.0 Å². The fraction of sp³-hybridized carbons (Fsp3) is 0.276. The lowest BCUT2D eigenvalue weighted by Gasteiger charge is -2.22. The molecule has 0 N–H and O–H groups in total. The summed E-state index contributed by atoms with van der Waals surface area (Å²) < 4.78 is 14.0. The van der Waals surface area contributed by atoms with Gasteiger partial charge in [0.05, 0.1) is 29.2 Å². The van der Waals surface area contributed by atoms with E-state index in [0.29, 0.717) is 45.4 Å². The molecule has 0 saturated heterocycles. The van der Waals surface area contributed by atoms with Crippen LogP contribution < -0.4 is 15.0 Å². The second kappa shape index (κ2) is 11.5. The first-order valence-electron chi connectivity index (χ1n) is 12.3. The van der Waals surface area contributed by atoms with Gasteiger partial charge in [-0.3, -0.25) is 4.79 Å². The Morgan fingerprint density at radius 1 is 1.11 bits per heavy atom. The summed E-state index contributed by atoms with van der Waals surface area (Å²) in [6, 6.07) is 18.9. The van der Waals surface area contributed by atoms with E-state index >= 15 is 0 Å². The molecular weight excluding hydrogens is 554 g/mol. The molecule has 1 fully saturated rings. The molecule has 4 aromatic rings. The van der Waals surface area contributed by atoms with Crippen molar-refractivity contribution in [3.05, 3.63) is 97.5 Å². The lowest BCUT2D eigenvalue weighted by molar-refractivity contribution is 0.284. The maximum absolute atomic E-state index is 13.4. The van der Waals surface area contributed by atoms with E-state index in [4.69, 9.17) is 26.1 Å². The number of rotatable bonds is 7. The van der Waals surface area contributed by atoms with Crippen LogP contribution in [-0.2, 0) is 6.61 Å². The standard InChI is InChI=1S/C29H27BrClN3O3/c1-36-26-16-20(15-24(31)27(26)37-18-19-11-13-22(30)14-12-19)17-32-34-28(21-7-3-2-4-8-21)33-25-10-6-5-9-23(25)29(34)35/h5-6,9-17,21H,2-4,7-8,18H2,1H3. The summed E-state index contributed by atoms with van der Waals surface area (Å²) in [5.41, 5.74) is 2.23. The normalized spacial score (nSPS) is 14.4. The Morgan fingerprint density at radius 2 is 1.86 bits per heavy atom. The van der Waals surface area contributed by atoms with Crippen molar-refractivity contribution in [2.75, 3.05) is 7.11 Å². The maximum atomic E-state index is 13.4. The van der Waals surface area contributed by atoms with Gasteiger partial charge in [-0.05, 0) is 60.4 Å². The number of aromatic nitrogens is 2. The maximum Gasteiger partial charge on any atom is 0.282 e. The molecule has 1 aliphatic rings. The van der Waals surface area contributed by atoms with Crippen molar-refractivity contribution in [3.8, 4) is 11.5 Å². The van der Waals surface area contributed by atoms with Gasteiger partial charge in [-0.2, -0.15) is 9.78 Å². The minimum absolute atomic E-state index is 0.171. The molecule has 190 valence electrons. The van der Waals surface area contributed by atoms with Gasteiger partial charge in [0.1, 0.15) is 12.4 Å². The van der Waals surface area contributed by atoms with E-state index in [9.17, 15) is 4.79 Å². The minimum atomic E-state index is -0.171. The second-order valence-electron chi connectivity index (χ2n) is 9.13. The van der Waals surface area contributed by atoms with Crippen molar-refractivity contribution < 1.29 is 9.47 Å². The third-order valence-electron chi connectivity index (χ3n) is 6.62. The van der Waals surface area contributed by atoms with Crippen molar-refractivity contribution in [1.82, 2.24) is 9.66 Å². The van der Waals surface area contributed by atoms with Crippen LogP contribution in [0.15, 0.2) is 75.0 Å². The Hall–Kier alpha value is -3.16. The van der Waals surface area contributed by atoms with Crippen LogP contribution >= 0.6 is 27.5 Å². The number of hydrogen-bond donors (Lipinski definition) is 0. The van der Waals surface area contributed by atoms with E-state index in [2.05, 4.69) is 21.0 Å². The molecule has 1 saturated carbocycles. The van der Waals surface area contributed by atoms with Gasteiger partial charge in [0.2, 0.25) is 0 Å². The third-order valence-corrected chi connectivity index (χ3v) is 7.43. The molecule has 0 atom stereocenters. The van der Waals surface area contributed by atoms with Crippen molar-refractivity contribution in [2.24, 2.45) is 5.10 Å². The highest BCUT2D eigenvalue weighted by Gasteiger charge is 2.22. The summed E-state index contributed by atoms with van der Waals surface area (Å²) >= 11 is 10.0. The summed E-state index contributed by atoms with van der Waals surface area (Å²) in [5, 5.41) is 5.55. The number of methoxy groups -OCH3 is 1. The fourth-order valence-corrected chi connectivity index (χ4v) is 5.23. The highest BCUT2D eigenvalue weighted by Crippen LogP contribution is 2.37. The Kier molecular flexibility index (Phi) is 7.91. The molecule has 0 aliphatic heterocycles. The van der Waals surface area contributed by atoms with E-state index in [-0.39, 0.29) is 11.5 Å². The molecule has 0 spiro atoms. The minimum Gasteiger partial charge on any atom is -0.493 e. The first-order valence-corrected chi connectivity index (χ1v) is 13.5. The molecular formula is C29H27BrClN3O3. The van der Waals surface area contributed by atoms with Crippen molar-refractivity contribution in [2.45, 2.75) is 44.6 Å². The molecule has 0 bridgehead atoms. The molecule has 5 rings (SSSR count). The molecule has 0 radical (unpaired) electrons. The van der Waals surface area contributed by atoms with Gasteiger partial charge in [0.15, 0.2) is 11.5 Å². The lowest BCUT2D eigenvalue weighted by Crippen LogP contribution is -2.25. The SMILES string of the molecule is COc1cc(C=Nn2c(C3CCCCC3)nc3ccccc3c2=O)cc(Cl)c1OCc1ccc(Br)cc1. The first kappa shape index (κ1) is 25.5. The van der Waals surface area contributed by atoms with E-state index in [0.717, 1.165) is 35.7 Å². The van der Waals surface area contributed by atoms with E-state index in [1.54, 1.807) is 31.5 Å². The Bertz CT molecular complexity index is 1500. The summed E-state index contributed by atoms with van der Waals surface area (Å²) in [4.78, 5) is 18.3. The zero-order valence-electron chi connectivity index (χ0n) is 20.5. The van der Waals surface area contributed by atoms with Crippen LogP contribution in [0.2, 0.25) is 5.02 Å². The highest BCUT2D eigenvalue weighted by atomic mass is 79.9. The summed E-state index contributed by atoms with van der Waals surface area (Å²) in [5.74, 6) is 1.86. The molecule has 0 unspecified atom stereocenters. The molecule has 3 aromatic carbocycles. The molecule has 37 heavy (non-hydrogen) atoms. The van der Waals surface area contributed by atoms with Crippen LogP contribution in [0, 0.1) is 0 Å². The molecule has 1 heterocycles. The van der Waals surface area contributed by atoms with Gasteiger partial charge < -0.3 is 9.47 Å². The Morgan fingerprint density at radius 3 is 2.62 bits per heavy atom. The van der Waals surface area contributed by atoms with Crippen LogP contribution in [0.3, 0.4) is 0 Å². The van der Waals surface area contributed by atoms with E-state index < -0.39 is 0 Å². The summed E-state index contributed by atoms with van der Waals surface area (Å²) in [6.45, 7) is 0.347. The smallest absolute Gasteiger partial charge is 0.282 e. The molecule has 0 amide bonds. The van der Waals surface area contributed by atoms with Gasteiger partial charge in [0.25, 0.3) is 5.56 Å². The van der Waals surface area contributed by atoms with Gasteiger partial charge >= 0.3 is 0 Å². The van der Waals surface area contributed by atoms with Gasteiger partial charge in [0, 0.05) is 10.4 Å². The van der Waals surface area contributed by atoms with Crippen LogP contribution in [0.5, 0.6) is 11.5 Å². The number of benzene rings is 3. The van der Waals surface area contributed by atoms with Crippen LogP contribution in [-0.4, -0.2) is 23.0 Å². The molecule has 1 aromatic heterocycles. The quantitative estimate of drug-likeness (QED) is 0.215. The number of para-hydroxylation sites is 1. The number of halogens is 2. The van der Waals surface area contributed by atoms with E-state index in [1.165, 1.54) is 11.1 Å². The van der Waals surface area contributed by atoms with Crippen LogP contribution in [0.4, 0.5) is 0 Å².